The predicted molar refractivity (Wildman–Crippen MR) is 105 cm³/mol. The van der Waals surface area contributed by atoms with Gasteiger partial charge in [-0.05, 0) is 44.0 Å². The van der Waals surface area contributed by atoms with Crippen LogP contribution in [0.1, 0.15) is 31.9 Å². The minimum Gasteiger partial charge on any atom is -0.443 e. The van der Waals surface area contributed by atoms with Gasteiger partial charge in [0.25, 0.3) is 0 Å². The van der Waals surface area contributed by atoms with Gasteiger partial charge < -0.3 is 29.2 Å². The van der Waals surface area contributed by atoms with Gasteiger partial charge in [-0.1, -0.05) is 6.07 Å². The number of carbonyl (C=O) groups is 1. The van der Waals surface area contributed by atoms with Crippen LogP contribution < -0.4 is 4.90 Å². The standard InChI is InChI=1S/C20H33NO7/c1-20(2,3)28-19(24)21(5-6-26-9-10-27-8-7-25-4)18-12-16(14-22)11-17(13-18)15-23/h11-13,22-23H,5-10,14-15H2,1-4H3. The van der Waals surface area contributed by atoms with E-state index < -0.39 is 11.7 Å². The van der Waals surface area contributed by atoms with Crippen molar-refractivity contribution >= 4 is 11.8 Å². The maximum absolute atomic E-state index is 12.7. The molecule has 0 aliphatic rings. The first-order valence-corrected chi connectivity index (χ1v) is 9.30. The van der Waals surface area contributed by atoms with Crippen molar-refractivity contribution in [3.63, 3.8) is 0 Å². The number of methoxy groups -OCH3 is 1. The lowest BCUT2D eigenvalue weighted by Crippen LogP contribution is -2.39. The predicted octanol–water partition coefficient (Wildman–Crippen LogP) is 2.09. The Bertz CT molecular complexity index is 564. The number of ether oxygens (including phenoxy) is 4. The molecule has 0 heterocycles. The van der Waals surface area contributed by atoms with Crippen LogP contribution >= 0.6 is 0 Å². The van der Waals surface area contributed by atoms with Crippen LogP contribution in [0.25, 0.3) is 0 Å². The maximum Gasteiger partial charge on any atom is 0.414 e. The van der Waals surface area contributed by atoms with Crippen molar-refractivity contribution < 1.29 is 34.0 Å². The Labute approximate surface area is 167 Å². The fourth-order valence-electron chi connectivity index (χ4n) is 2.34. The van der Waals surface area contributed by atoms with Gasteiger partial charge in [0, 0.05) is 12.8 Å². The summed E-state index contributed by atoms with van der Waals surface area (Å²) in [5.74, 6) is 0. The van der Waals surface area contributed by atoms with E-state index in [4.69, 9.17) is 18.9 Å². The Morgan fingerprint density at radius 1 is 0.929 bits per heavy atom. The SMILES string of the molecule is COCCOCCOCCN(C(=O)OC(C)(C)C)c1cc(CO)cc(CO)c1. The summed E-state index contributed by atoms with van der Waals surface area (Å²) in [6, 6.07) is 5.07. The van der Waals surface area contributed by atoms with Crippen molar-refractivity contribution in [3.05, 3.63) is 29.3 Å². The van der Waals surface area contributed by atoms with E-state index in [2.05, 4.69) is 0 Å². The third-order valence-corrected chi connectivity index (χ3v) is 3.59. The molecule has 0 spiro atoms. The molecule has 160 valence electrons. The summed E-state index contributed by atoms with van der Waals surface area (Å²) in [7, 11) is 1.61. The van der Waals surface area contributed by atoms with Gasteiger partial charge in [-0.2, -0.15) is 0 Å². The molecule has 1 amide bonds. The van der Waals surface area contributed by atoms with Gasteiger partial charge >= 0.3 is 6.09 Å². The lowest BCUT2D eigenvalue weighted by molar-refractivity contribution is 0.0252. The van der Waals surface area contributed by atoms with Crippen molar-refractivity contribution in [2.24, 2.45) is 0 Å². The highest BCUT2D eigenvalue weighted by atomic mass is 16.6. The van der Waals surface area contributed by atoms with Crippen LogP contribution in [0.4, 0.5) is 10.5 Å². The van der Waals surface area contributed by atoms with Gasteiger partial charge in [-0.15, -0.1) is 0 Å². The molecule has 1 aromatic carbocycles. The van der Waals surface area contributed by atoms with Crippen molar-refractivity contribution in [2.75, 3.05) is 51.6 Å². The highest BCUT2D eigenvalue weighted by Gasteiger charge is 2.24. The van der Waals surface area contributed by atoms with Crippen LogP contribution in [0.2, 0.25) is 0 Å². The monoisotopic (exact) mass is 399 g/mol. The Morgan fingerprint density at radius 2 is 1.46 bits per heavy atom. The fourth-order valence-corrected chi connectivity index (χ4v) is 2.34. The number of aliphatic hydroxyl groups excluding tert-OH is 2. The molecule has 8 nitrogen and oxygen atoms in total. The highest BCUT2D eigenvalue weighted by molar-refractivity contribution is 5.88. The minimum atomic E-state index is -0.653. The quantitative estimate of drug-likeness (QED) is 0.519. The summed E-state index contributed by atoms with van der Waals surface area (Å²) < 4.78 is 21.3. The van der Waals surface area contributed by atoms with E-state index in [1.165, 1.54) is 4.90 Å². The Balaban J connectivity index is 2.76. The Hall–Kier alpha value is -1.71. The number of anilines is 1. The van der Waals surface area contributed by atoms with Crippen molar-refractivity contribution in [1.29, 1.82) is 0 Å². The Morgan fingerprint density at radius 3 is 1.96 bits per heavy atom. The van der Waals surface area contributed by atoms with Crippen LogP contribution in [-0.4, -0.2) is 68.6 Å². The molecular weight excluding hydrogens is 366 g/mol. The van der Waals surface area contributed by atoms with Crippen molar-refractivity contribution in [1.82, 2.24) is 0 Å². The molecule has 28 heavy (non-hydrogen) atoms. The first-order valence-electron chi connectivity index (χ1n) is 9.30. The molecule has 0 aliphatic heterocycles. The molecule has 0 atom stereocenters. The van der Waals surface area contributed by atoms with Crippen LogP contribution in [0.5, 0.6) is 0 Å². The van der Waals surface area contributed by atoms with Gasteiger partial charge in [-0.25, -0.2) is 4.79 Å². The van der Waals surface area contributed by atoms with Crippen molar-refractivity contribution in [2.45, 2.75) is 39.6 Å². The van der Waals surface area contributed by atoms with E-state index in [9.17, 15) is 15.0 Å². The van der Waals surface area contributed by atoms with Crippen LogP contribution in [-0.2, 0) is 32.2 Å². The first kappa shape index (κ1) is 24.3. The molecule has 0 unspecified atom stereocenters. The molecule has 0 saturated carbocycles. The van der Waals surface area contributed by atoms with Gasteiger partial charge in [0.15, 0.2) is 0 Å². The zero-order valence-corrected chi connectivity index (χ0v) is 17.3. The van der Waals surface area contributed by atoms with Crippen LogP contribution in [0.15, 0.2) is 18.2 Å². The van der Waals surface area contributed by atoms with Crippen LogP contribution in [0.3, 0.4) is 0 Å². The summed E-state index contributed by atoms with van der Waals surface area (Å²) in [5.41, 5.74) is 1.08. The zero-order chi connectivity index (χ0) is 21.0. The molecule has 8 heteroatoms. The molecule has 2 N–H and O–H groups in total. The molecule has 0 bridgehead atoms. The second-order valence-electron chi connectivity index (χ2n) is 7.17. The number of rotatable bonds is 12. The molecule has 0 aromatic heterocycles. The van der Waals surface area contributed by atoms with E-state index >= 15 is 0 Å². The fraction of sp³-hybridized carbons (Fsp3) is 0.650. The zero-order valence-electron chi connectivity index (χ0n) is 17.3. The highest BCUT2D eigenvalue weighted by Crippen LogP contribution is 2.22. The molecule has 0 aliphatic carbocycles. The van der Waals surface area contributed by atoms with Gasteiger partial charge in [0.05, 0.1) is 52.8 Å². The molecule has 0 radical (unpaired) electrons. The van der Waals surface area contributed by atoms with E-state index in [0.29, 0.717) is 43.2 Å². The van der Waals surface area contributed by atoms with Gasteiger partial charge in [-0.3, -0.25) is 4.90 Å². The van der Waals surface area contributed by atoms with E-state index in [-0.39, 0.29) is 26.4 Å². The average Bonchev–Trinajstić information content (AvgIpc) is 2.64. The lowest BCUT2D eigenvalue weighted by atomic mass is 10.1. The largest absolute Gasteiger partial charge is 0.443 e. The molecular formula is C20H33NO7. The second kappa shape index (κ2) is 12.7. The number of benzene rings is 1. The number of hydrogen-bond acceptors (Lipinski definition) is 7. The lowest BCUT2D eigenvalue weighted by Gasteiger charge is -2.28. The summed E-state index contributed by atoms with van der Waals surface area (Å²) in [5, 5.41) is 18.9. The normalized spacial score (nSPS) is 11.5. The topological polar surface area (TPSA) is 97.7 Å². The molecule has 1 aromatic rings. The first-order chi connectivity index (χ1) is 13.3. The third kappa shape index (κ3) is 9.48. The molecule has 1 rings (SSSR count). The number of aliphatic hydroxyl groups is 2. The molecule has 0 saturated heterocycles. The second-order valence-corrected chi connectivity index (χ2v) is 7.17. The smallest absolute Gasteiger partial charge is 0.414 e. The number of carbonyl (C=O) groups excluding carboxylic acids is 1. The molecule has 0 fully saturated rings. The summed E-state index contributed by atoms with van der Waals surface area (Å²) in [6.45, 7) is 7.38. The maximum atomic E-state index is 12.7. The van der Waals surface area contributed by atoms with Gasteiger partial charge in [0.2, 0.25) is 0 Å². The average molecular weight is 399 g/mol. The summed E-state index contributed by atoms with van der Waals surface area (Å²) >= 11 is 0. The number of nitrogens with zero attached hydrogens (tertiary/aromatic N) is 1. The van der Waals surface area contributed by atoms with Gasteiger partial charge in [0.1, 0.15) is 5.60 Å². The van der Waals surface area contributed by atoms with Crippen molar-refractivity contribution in [3.8, 4) is 0 Å². The number of amides is 1. The van der Waals surface area contributed by atoms with E-state index in [1.54, 1.807) is 46.1 Å². The Kier molecular flexibility index (Phi) is 11.0. The minimum absolute atomic E-state index is 0.196. The van der Waals surface area contributed by atoms with E-state index in [1.807, 2.05) is 0 Å². The number of hydrogen-bond donors (Lipinski definition) is 2. The van der Waals surface area contributed by atoms with Crippen LogP contribution in [0, 0.1) is 0 Å². The third-order valence-electron chi connectivity index (χ3n) is 3.59. The van der Waals surface area contributed by atoms with E-state index in [0.717, 1.165) is 0 Å². The summed E-state index contributed by atoms with van der Waals surface area (Å²) in [6.07, 6.45) is -0.522. The summed E-state index contributed by atoms with van der Waals surface area (Å²) in [4.78, 5) is 14.1.